The van der Waals surface area contributed by atoms with Crippen LogP contribution in [0.2, 0.25) is 0 Å². The Morgan fingerprint density at radius 3 is 2.64 bits per heavy atom. The summed E-state index contributed by atoms with van der Waals surface area (Å²) in [4.78, 5) is 24.0. The molecule has 0 radical (unpaired) electrons. The molecule has 120 valence electrons. The van der Waals surface area contributed by atoms with Gasteiger partial charge in [0.25, 0.3) is 0 Å². The number of carbonyl (C=O) groups excluding carboxylic acids is 2. The van der Waals surface area contributed by atoms with Gasteiger partial charge in [0.15, 0.2) is 0 Å². The Hall–Kier alpha value is -1.68. The predicted molar refractivity (Wildman–Crippen MR) is 85.3 cm³/mol. The zero-order valence-electron chi connectivity index (χ0n) is 13.3. The second kappa shape index (κ2) is 7.54. The SMILES string of the molecule is CC(C)CC1CC(C(O)CC(=O)Cc2ccccc2)C(=O)N1. The number of nitrogens with one attached hydrogen (secondary N) is 1. The predicted octanol–water partition coefficient (Wildman–Crippen LogP) is 2.10. The first-order chi connectivity index (χ1) is 10.5. The number of hydrogen-bond acceptors (Lipinski definition) is 3. The van der Waals surface area contributed by atoms with Gasteiger partial charge in [-0.2, -0.15) is 0 Å². The molecule has 2 rings (SSSR count). The lowest BCUT2D eigenvalue weighted by atomic mass is 9.91. The summed E-state index contributed by atoms with van der Waals surface area (Å²) in [6, 6.07) is 9.59. The molecule has 0 saturated carbocycles. The van der Waals surface area contributed by atoms with Crippen LogP contribution >= 0.6 is 0 Å². The minimum absolute atomic E-state index is 0.0289. The van der Waals surface area contributed by atoms with Crippen molar-refractivity contribution >= 4 is 11.7 Å². The van der Waals surface area contributed by atoms with Gasteiger partial charge in [0.05, 0.1) is 12.0 Å². The van der Waals surface area contributed by atoms with Gasteiger partial charge in [-0.3, -0.25) is 9.59 Å². The van der Waals surface area contributed by atoms with Crippen molar-refractivity contribution in [2.45, 2.75) is 51.7 Å². The molecule has 1 fully saturated rings. The van der Waals surface area contributed by atoms with Crippen LogP contribution in [-0.4, -0.2) is 28.9 Å². The van der Waals surface area contributed by atoms with Gasteiger partial charge in [-0.1, -0.05) is 44.2 Å². The third kappa shape index (κ3) is 4.67. The minimum Gasteiger partial charge on any atom is -0.392 e. The Labute approximate surface area is 131 Å². The summed E-state index contributed by atoms with van der Waals surface area (Å²) in [6.07, 6.45) is 1.00. The number of Topliss-reactive ketones (excluding diaryl/α,β-unsaturated/α-hetero) is 1. The minimum atomic E-state index is -0.881. The fourth-order valence-electron chi connectivity index (χ4n) is 3.11. The number of carbonyl (C=O) groups is 2. The Morgan fingerprint density at radius 1 is 1.32 bits per heavy atom. The first kappa shape index (κ1) is 16.7. The lowest BCUT2D eigenvalue weighted by molar-refractivity contribution is -0.127. The fourth-order valence-corrected chi connectivity index (χ4v) is 3.11. The third-order valence-corrected chi connectivity index (χ3v) is 4.12. The van der Waals surface area contributed by atoms with Crippen LogP contribution in [0.4, 0.5) is 0 Å². The van der Waals surface area contributed by atoms with Crippen molar-refractivity contribution in [1.29, 1.82) is 0 Å². The van der Waals surface area contributed by atoms with E-state index in [1.165, 1.54) is 0 Å². The third-order valence-electron chi connectivity index (χ3n) is 4.12. The fraction of sp³-hybridized carbons (Fsp3) is 0.556. The molecule has 2 N–H and O–H groups in total. The van der Waals surface area contributed by atoms with E-state index in [-0.39, 0.29) is 24.2 Å². The summed E-state index contributed by atoms with van der Waals surface area (Å²) in [5.74, 6) is -0.103. The van der Waals surface area contributed by atoms with Gasteiger partial charge >= 0.3 is 0 Å². The summed E-state index contributed by atoms with van der Waals surface area (Å²) in [6.45, 7) is 4.22. The number of ketones is 1. The number of benzene rings is 1. The molecule has 1 saturated heterocycles. The maximum Gasteiger partial charge on any atom is 0.226 e. The highest BCUT2D eigenvalue weighted by molar-refractivity contribution is 5.85. The second-order valence-electron chi connectivity index (χ2n) is 6.65. The van der Waals surface area contributed by atoms with Crippen LogP contribution < -0.4 is 5.32 Å². The van der Waals surface area contributed by atoms with Crippen molar-refractivity contribution in [1.82, 2.24) is 5.32 Å². The van der Waals surface area contributed by atoms with Crippen molar-refractivity contribution in [2.75, 3.05) is 0 Å². The normalized spacial score (nSPS) is 22.6. The van der Waals surface area contributed by atoms with Gasteiger partial charge in [0, 0.05) is 18.9 Å². The second-order valence-corrected chi connectivity index (χ2v) is 6.65. The molecular formula is C18H25NO3. The first-order valence-corrected chi connectivity index (χ1v) is 7.99. The topological polar surface area (TPSA) is 66.4 Å². The van der Waals surface area contributed by atoms with Gasteiger partial charge in [0.2, 0.25) is 5.91 Å². The average molecular weight is 303 g/mol. The highest BCUT2D eigenvalue weighted by atomic mass is 16.3. The van der Waals surface area contributed by atoms with Gasteiger partial charge in [0.1, 0.15) is 5.78 Å². The molecule has 0 bridgehead atoms. The van der Waals surface area contributed by atoms with Crippen molar-refractivity contribution in [3.05, 3.63) is 35.9 Å². The van der Waals surface area contributed by atoms with Crippen LogP contribution in [0.3, 0.4) is 0 Å². The van der Waals surface area contributed by atoms with E-state index < -0.39 is 12.0 Å². The van der Waals surface area contributed by atoms with E-state index in [1.54, 1.807) is 0 Å². The van der Waals surface area contributed by atoms with Crippen molar-refractivity contribution in [2.24, 2.45) is 11.8 Å². The summed E-state index contributed by atoms with van der Waals surface area (Å²) in [5, 5.41) is 13.2. The van der Waals surface area contributed by atoms with E-state index in [2.05, 4.69) is 19.2 Å². The molecule has 4 nitrogen and oxygen atoms in total. The largest absolute Gasteiger partial charge is 0.392 e. The van der Waals surface area contributed by atoms with E-state index in [4.69, 9.17) is 0 Å². The zero-order valence-corrected chi connectivity index (χ0v) is 13.3. The summed E-state index contributed by atoms with van der Waals surface area (Å²) < 4.78 is 0. The molecule has 1 aliphatic rings. The molecule has 1 aromatic rings. The maximum atomic E-state index is 12.1. The van der Waals surface area contributed by atoms with E-state index in [0.717, 1.165) is 12.0 Å². The smallest absolute Gasteiger partial charge is 0.226 e. The Kier molecular flexibility index (Phi) is 5.72. The molecule has 1 aliphatic heterocycles. The molecule has 22 heavy (non-hydrogen) atoms. The molecule has 4 heteroatoms. The van der Waals surface area contributed by atoms with Crippen molar-refractivity contribution in [3.63, 3.8) is 0 Å². The van der Waals surface area contributed by atoms with Gasteiger partial charge in [-0.25, -0.2) is 0 Å². The maximum absolute atomic E-state index is 12.1. The lowest BCUT2D eigenvalue weighted by Gasteiger charge is -2.15. The first-order valence-electron chi connectivity index (χ1n) is 7.99. The molecule has 0 aromatic heterocycles. The molecule has 1 amide bonds. The average Bonchev–Trinajstić information content (AvgIpc) is 2.79. The van der Waals surface area contributed by atoms with E-state index in [9.17, 15) is 14.7 Å². The standard InChI is InChI=1S/C18H25NO3/c1-12(2)8-14-10-16(18(22)19-14)17(21)11-15(20)9-13-6-4-3-5-7-13/h3-7,12,14,16-17,21H,8-11H2,1-2H3,(H,19,22). The number of hydrogen-bond donors (Lipinski definition) is 2. The molecule has 1 aromatic carbocycles. The molecule has 0 spiro atoms. The molecule has 0 aliphatic carbocycles. The Balaban J connectivity index is 1.85. The number of amides is 1. The molecular weight excluding hydrogens is 278 g/mol. The molecule has 1 heterocycles. The Morgan fingerprint density at radius 2 is 2.00 bits per heavy atom. The monoisotopic (exact) mass is 303 g/mol. The number of aliphatic hydroxyl groups excluding tert-OH is 1. The van der Waals surface area contributed by atoms with Crippen molar-refractivity contribution in [3.8, 4) is 0 Å². The summed E-state index contributed by atoms with van der Waals surface area (Å²) in [5.41, 5.74) is 0.938. The Bertz CT molecular complexity index is 512. The summed E-state index contributed by atoms with van der Waals surface area (Å²) >= 11 is 0. The van der Waals surface area contributed by atoms with Crippen LogP contribution in [0.1, 0.15) is 38.7 Å². The van der Waals surface area contributed by atoms with E-state index in [1.807, 2.05) is 30.3 Å². The van der Waals surface area contributed by atoms with Gasteiger partial charge in [-0.15, -0.1) is 0 Å². The van der Waals surface area contributed by atoms with Gasteiger partial charge < -0.3 is 10.4 Å². The molecule has 3 unspecified atom stereocenters. The zero-order chi connectivity index (χ0) is 16.1. The van der Waals surface area contributed by atoms with Crippen molar-refractivity contribution < 1.29 is 14.7 Å². The van der Waals surface area contributed by atoms with E-state index >= 15 is 0 Å². The number of aliphatic hydroxyl groups is 1. The van der Waals surface area contributed by atoms with Crippen LogP contribution in [0, 0.1) is 11.8 Å². The summed E-state index contributed by atoms with van der Waals surface area (Å²) in [7, 11) is 0. The highest BCUT2D eigenvalue weighted by Gasteiger charge is 2.37. The van der Waals surface area contributed by atoms with Crippen LogP contribution in [-0.2, 0) is 16.0 Å². The lowest BCUT2D eigenvalue weighted by Crippen LogP contribution is -2.31. The van der Waals surface area contributed by atoms with Crippen LogP contribution in [0.5, 0.6) is 0 Å². The quantitative estimate of drug-likeness (QED) is 0.810. The number of rotatable bonds is 7. The molecule has 3 atom stereocenters. The van der Waals surface area contributed by atoms with Crippen LogP contribution in [0.15, 0.2) is 30.3 Å². The van der Waals surface area contributed by atoms with Crippen LogP contribution in [0.25, 0.3) is 0 Å². The van der Waals surface area contributed by atoms with E-state index in [0.29, 0.717) is 18.8 Å². The highest BCUT2D eigenvalue weighted by Crippen LogP contribution is 2.25. The van der Waals surface area contributed by atoms with Gasteiger partial charge in [-0.05, 0) is 24.3 Å².